The third kappa shape index (κ3) is 5.99. The molecule has 0 unspecified atom stereocenters. The molecule has 0 fully saturated rings. The van der Waals surface area contributed by atoms with Crippen LogP contribution in [0.3, 0.4) is 0 Å². The average Bonchev–Trinajstić information content (AvgIpc) is 2.93. The quantitative estimate of drug-likeness (QED) is 0.112. The molecule has 0 amide bonds. The SMILES string of the molecule is C=CCCOc1ccc(-c2ccc(COc3ccc(-c4ccc(OCC)cc4)c(F)c3F)cc2)c(F)c1F. The fraction of sp³-hybridized carbons (Fsp3) is 0.161. The predicted octanol–water partition coefficient (Wildman–Crippen LogP) is 8.51. The summed E-state index contributed by atoms with van der Waals surface area (Å²) in [5, 5.41) is 0. The van der Waals surface area contributed by atoms with E-state index in [0.717, 1.165) is 0 Å². The normalized spacial score (nSPS) is 10.8. The van der Waals surface area contributed by atoms with Crippen LogP contribution >= 0.6 is 0 Å². The molecule has 196 valence electrons. The minimum Gasteiger partial charge on any atom is -0.494 e. The molecule has 0 saturated carbocycles. The first-order valence-corrected chi connectivity index (χ1v) is 12.1. The number of benzene rings is 4. The monoisotopic (exact) mass is 522 g/mol. The molecule has 0 heterocycles. The van der Waals surface area contributed by atoms with Gasteiger partial charge in [-0.15, -0.1) is 6.58 Å². The smallest absolute Gasteiger partial charge is 0.201 e. The van der Waals surface area contributed by atoms with Crippen molar-refractivity contribution in [1.29, 1.82) is 0 Å². The van der Waals surface area contributed by atoms with E-state index in [9.17, 15) is 17.6 Å². The Balaban J connectivity index is 1.44. The zero-order valence-corrected chi connectivity index (χ0v) is 20.8. The summed E-state index contributed by atoms with van der Waals surface area (Å²) in [7, 11) is 0. The summed E-state index contributed by atoms with van der Waals surface area (Å²) in [6.07, 6.45) is 2.13. The number of hydrogen-bond acceptors (Lipinski definition) is 3. The van der Waals surface area contributed by atoms with Crippen molar-refractivity contribution in [3.8, 4) is 39.5 Å². The third-order valence-corrected chi connectivity index (χ3v) is 5.81. The fourth-order valence-corrected chi connectivity index (χ4v) is 3.82. The van der Waals surface area contributed by atoms with Gasteiger partial charge in [-0.05, 0) is 66.4 Å². The lowest BCUT2D eigenvalue weighted by molar-refractivity contribution is 0.285. The van der Waals surface area contributed by atoms with Gasteiger partial charge >= 0.3 is 0 Å². The Morgan fingerprint density at radius 2 is 1.16 bits per heavy atom. The maximum Gasteiger partial charge on any atom is 0.201 e. The van der Waals surface area contributed by atoms with Gasteiger partial charge in [-0.1, -0.05) is 42.5 Å². The van der Waals surface area contributed by atoms with E-state index in [4.69, 9.17) is 14.2 Å². The van der Waals surface area contributed by atoms with Crippen molar-refractivity contribution >= 4 is 0 Å². The number of rotatable bonds is 11. The minimum atomic E-state index is -1.10. The van der Waals surface area contributed by atoms with Crippen LogP contribution in [0.1, 0.15) is 18.9 Å². The first-order chi connectivity index (χ1) is 18.4. The van der Waals surface area contributed by atoms with Crippen molar-refractivity contribution < 1.29 is 31.8 Å². The van der Waals surface area contributed by atoms with E-state index < -0.39 is 23.3 Å². The van der Waals surface area contributed by atoms with Gasteiger partial charge < -0.3 is 14.2 Å². The van der Waals surface area contributed by atoms with Crippen LogP contribution in [0.2, 0.25) is 0 Å². The van der Waals surface area contributed by atoms with Gasteiger partial charge in [0.1, 0.15) is 12.4 Å². The lowest BCUT2D eigenvalue weighted by Crippen LogP contribution is -2.01. The summed E-state index contributed by atoms with van der Waals surface area (Å²) in [6.45, 7) is 6.07. The van der Waals surface area contributed by atoms with Gasteiger partial charge in [0.2, 0.25) is 11.6 Å². The molecule has 0 saturated heterocycles. The van der Waals surface area contributed by atoms with Crippen molar-refractivity contribution in [2.45, 2.75) is 20.0 Å². The molecule has 4 rings (SSSR count). The van der Waals surface area contributed by atoms with Crippen molar-refractivity contribution in [3.05, 3.63) is 114 Å². The molecule has 4 aromatic rings. The predicted molar refractivity (Wildman–Crippen MR) is 139 cm³/mol. The molecule has 7 heteroatoms. The molecular weight excluding hydrogens is 496 g/mol. The maximum atomic E-state index is 14.8. The minimum absolute atomic E-state index is 0.0496. The Morgan fingerprint density at radius 3 is 1.68 bits per heavy atom. The zero-order chi connectivity index (χ0) is 27.1. The fourth-order valence-electron chi connectivity index (χ4n) is 3.82. The summed E-state index contributed by atoms with van der Waals surface area (Å²) in [5.41, 5.74) is 1.76. The third-order valence-electron chi connectivity index (χ3n) is 5.81. The van der Waals surface area contributed by atoms with E-state index in [1.807, 2.05) is 6.92 Å². The lowest BCUT2D eigenvalue weighted by atomic mass is 10.0. The number of ether oxygens (including phenoxy) is 3. The van der Waals surface area contributed by atoms with Crippen molar-refractivity contribution in [1.82, 2.24) is 0 Å². The lowest BCUT2D eigenvalue weighted by Gasteiger charge is -2.12. The average molecular weight is 523 g/mol. The Hall–Kier alpha value is -4.26. The van der Waals surface area contributed by atoms with Crippen molar-refractivity contribution in [3.63, 3.8) is 0 Å². The molecule has 0 bridgehead atoms. The molecule has 4 aromatic carbocycles. The van der Waals surface area contributed by atoms with Gasteiger partial charge in [0, 0.05) is 11.1 Å². The molecule has 0 aromatic heterocycles. The summed E-state index contributed by atoms with van der Waals surface area (Å²) in [4.78, 5) is 0. The second-order valence-corrected chi connectivity index (χ2v) is 8.35. The van der Waals surface area contributed by atoms with E-state index in [1.165, 1.54) is 24.3 Å². The van der Waals surface area contributed by atoms with Crippen LogP contribution in [-0.2, 0) is 6.61 Å². The largest absolute Gasteiger partial charge is 0.494 e. The van der Waals surface area contributed by atoms with E-state index in [1.54, 1.807) is 54.6 Å². The summed E-state index contributed by atoms with van der Waals surface area (Å²) >= 11 is 0. The molecular formula is C31H26F4O3. The summed E-state index contributed by atoms with van der Waals surface area (Å²) in [6, 6.07) is 18.8. The van der Waals surface area contributed by atoms with Crippen LogP contribution in [0.5, 0.6) is 17.2 Å². The number of halogens is 4. The standard InChI is InChI=1S/C31H26F4O3/c1-3-5-18-37-26-16-14-24(28(32)30(26)34)21-8-6-20(7-9-21)19-38-27-17-15-25(29(33)31(27)35)22-10-12-23(13-11-22)36-4-2/h3,6-17H,1,4-5,18-19H2,2H3. The molecule has 0 radical (unpaired) electrons. The van der Waals surface area contributed by atoms with Gasteiger partial charge in [0.15, 0.2) is 23.1 Å². The summed E-state index contributed by atoms with van der Waals surface area (Å²) in [5.74, 6) is -3.96. The van der Waals surface area contributed by atoms with E-state index in [-0.39, 0.29) is 35.8 Å². The second kappa shape index (κ2) is 12.3. The van der Waals surface area contributed by atoms with Crippen LogP contribution in [0, 0.1) is 23.3 Å². The molecule has 38 heavy (non-hydrogen) atoms. The Morgan fingerprint density at radius 1 is 0.632 bits per heavy atom. The molecule has 0 aliphatic rings. The Bertz CT molecular complexity index is 1400. The molecule has 0 atom stereocenters. The van der Waals surface area contributed by atoms with Crippen LogP contribution in [0.15, 0.2) is 85.5 Å². The van der Waals surface area contributed by atoms with Crippen LogP contribution < -0.4 is 14.2 Å². The molecule has 0 spiro atoms. The van der Waals surface area contributed by atoms with Gasteiger partial charge in [-0.25, -0.2) is 8.78 Å². The van der Waals surface area contributed by atoms with Crippen LogP contribution in [0.25, 0.3) is 22.3 Å². The molecule has 0 aliphatic heterocycles. The van der Waals surface area contributed by atoms with Crippen molar-refractivity contribution in [2.24, 2.45) is 0 Å². The Labute approximate surface area is 218 Å². The highest BCUT2D eigenvalue weighted by molar-refractivity contribution is 5.67. The first kappa shape index (κ1) is 26.8. The molecule has 3 nitrogen and oxygen atoms in total. The van der Waals surface area contributed by atoms with Gasteiger partial charge in [0.25, 0.3) is 0 Å². The first-order valence-electron chi connectivity index (χ1n) is 12.1. The van der Waals surface area contributed by atoms with E-state index >= 15 is 0 Å². The zero-order valence-electron chi connectivity index (χ0n) is 20.8. The summed E-state index contributed by atoms with van der Waals surface area (Å²) < 4.78 is 74.7. The van der Waals surface area contributed by atoms with Gasteiger partial charge in [0.05, 0.1) is 13.2 Å². The van der Waals surface area contributed by atoms with E-state index in [0.29, 0.717) is 35.5 Å². The van der Waals surface area contributed by atoms with Crippen LogP contribution in [0.4, 0.5) is 17.6 Å². The van der Waals surface area contributed by atoms with Crippen LogP contribution in [-0.4, -0.2) is 13.2 Å². The molecule has 0 N–H and O–H groups in total. The molecule has 0 aliphatic carbocycles. The van der Waals surface area contributed by atoms with Gasteiger partial charge in [-0.2, -0.15) is 8.78 Å². The second-order valence-electron chi connectivity index (χ2n) is 8.35. The van der Waals surface area contributed by atoms with Gasteiger partial charge in [-0.3, -0.25) is 0 Å². The highest BCUT2D eigenvalue weighted by atomic mass is 19.2. The highest BCUT2D eigenvalue weighted by Crippen LogP contribution is 2.32. The highest BCUT2D eigenvalue weighted by Gasteiger charge is 2.17. The number of hydrogen-bond donors (Lipinski definition) is 0. The maximum absolute atomic E-state index is 14.8. The van der Waals surface area contributed by atoms with Crippen molar-refractivity contribution in [2.75, 3.05) is 13.2 Å². The topological polar surface area (TPSA) is 27.7 Å². The Kier molecular flexibility index (Phi) is 8.69. The van der Waals surface area contributed by atoms with E-state index in [2.05, 4.69) is 6.58 Å².